The molecule has 0 saturated carbocycles. The molecule has 142 valence electrons. The Bertz CT molecular complexity index is 1170. The molecule has 3 nitrogen and oxygen atoms in total. The fraction of sp³-hybridized carbons (Fsp3) is 0.174. The molecular weight excluding hydrogens is 388 g/mol. The molecule has 2 heterocycles. The van der Waals surface area contributed by atoms with Crippen molar-refractivity contribution >= 4 is 33.8 Å². The van der Waals surface area contributed by atoms with Crippen molar-refractivity contribution in [3.05, 3.63) is 103 Å². The van der Waals surface area contributed by atoms with Crippen molar-refractivity contribution in [2.24, 2.45) is 0 Å². The largest absolute Gasteiger partial charge is 0.308 e. The Morgan fingerprint density at radius 1 is 1.00 bits per heavy atom. The van der Waals surface area contributed by atoms with Crippen molar-refractivity contribution in [1.82, 2.24) is 9.88 Å². The summed E-state index contributed by atoms with van der Waals surface area (Å²) >= 11 is 8.07. The van der Waals surface area contributed by atoms with Gasteiger partial charge >= 0.3 is 0 Å². The minimum absolute atomic E-state index is 0.0231. The Hall–Kier alpha value is -2.40. The molecule has 0 bridgehead atoms. The SMILES string of the molecule is Cc1ccc2c(c1)cc(CNCc1cccs1)c(=O)n2Cc1ccccc1Cl. The standard InChI is InChI=1S/C23H21ClN2OS/c1-16-8-9-22-18(11-16)12-19(13-25-14-20-6-4-10-28-20)23(27)26(22)15-17-5-2-3-7-21(17)24/h2-12,25H,13-15H2,1H3. The number of nitrogens with one attached hydrogen (secondary N) is 1. The number of thiophene rings is 1. The zero-order valence-electron chi connectivity index (χ0n) is 15.6. The van der Waals surface area contributed by atoms with Gasteiger partial charge < -0.3 is 9.88 Å². The molecule has 0 atom stereocenters. The predicted molar refractivity (Wildman–Crippen MR) is 118 cm³/mol. The Labute approximate surface area is 173 Å². The van der Waals surface area contributed by atoms with E-state index >= 15 is 0 Å². The molecule has 4 aromatic rings. The molecular formula is C23H21ClN2OS. The summed E-state index contributed by atoms with van der Waals surface area (Å²) in [5.41, 5.74) is 3.83. The number of rotatable bonds is 6. The third-order valence-electron chi connectivity index (χ3n) is 4.80. The molecule has 0 aliphatic rings. The first-order valence-corrected chi connectivity index (χ1v) is 10.5. The summed E-state index contributed by atoms with van der Waals surface area (Å²) in [6.07, 6.45) is 0. The van der Waals surface area contributed by atoms with Crippen molar-refractivity contribution in [3.63, 3.8) is 0 Å². The molecule has 2 aromatic heterocycles. The van der Waals surface area contributed by atoms with Gasteiger partial charge in [-0.25, -0.2) is 0 Å². The number of aromatic nitrogens is 1. The van der Waals surface area contributed by atoms with E-state index < -0.39 is 0 Å². The van der Waals surface area contributed by atoms with E-state index in [-0.39, 0.29) is 5.56 Å². The van der Waals surface area contributed by atoms with Gasteiger partial charge in [-0.1, -0.05) is 47.5 Å². The van der Waals surface area contributed by atoms with Crippen LogP contribution in [-0.2, 0) is 19.6 Å². The minimum atomic E-state index is 0.0231. The molecule has 5 heteroatoms. The van der Waals surface area contributed by atoms with Gasteiger partial charge in [-0.2, -0.15) is 0 Å². The van der Waals surface area contributed by atoms with Gasteiger partial charge in [0.25, 0.3) is 5.56 Å². The maximum atomic E-state index is 13.3. The molecule has 0 radical (unpaired) electrons. The lowest BCUT2D eigenvalue weighted by Crippen LogP contribution is -2.28. The number of benzene rings is 2. The second-order valence-corrected chi connectivity index (χ2v) is 8.34. The van der Waals surface area contributed by atoms with E-state index in [1.807, 2.05) is 53.1 Å². The maximum absolute atomic E-state index is 13.3. The molecule has 0 unspecified atom stereocenters. The second-order valence-electron chi connectivity index (χ2n) is 6.90. The molecule has 0 fully saturated rings. The molecule has 0 amide bonds. The third-order valence-corrected chi connectivity index (χ3v) is 6.05. The Morgan fingerprint density at radius 3 is 2.64 bits per heavy atom. The van der Waals surface area contributed by atoms with Crippen LogP contribution < -0.4 is 10.9 Å². The van der Waals surface area contributed by atoms with Crippen molar-refractivity contribution in [2.75, 3.05) is 0 Å². The Kier molecular flexibility index (Phi) is 5.62. The summed E-state index contributed by atoms with van der Waals surface area (Å²) in [5.74, 6) is 0. The van der Waals surface area contributed by atoms with Gasteiger partial charge in [-0.15, -0.1) is 11.3 Å². The smallest absolute Gasteiger partial charge is 0.255 e. The number of hydrogen-bond acceptors (Lipinski definition) is 3. The summed E-state index contributed by atoms with van der Waals surface area (Å²) in [5, 5.41) is 7.21. The molecule has 0 saturated heterocycles. The van der Waals surface area contributed by atoms with E-state index in [2.05, 4.69) is 29.8 Å². The van der Waals surface area contributed by atoms with Gasteiger partial charge in [0.15, 0.2) is 0 Å². The number of fused-ring (bicyclic) bond motifs is 1. The van der Waals surface area contributed by atoms with Gasteiger partial charge in [0.1, 0.15) is 0 Å². The minimum Gasteiger partial charge on any atom is -0.308 e. The van der Waals surface area contributed by atoms with Crippen LogP contribution in [0, 0.1) is 6.92 Å². The van der Waals surface area contributed by atoms with E-state index in [0.29, 0.717) is 18.1 Å². The average molecular weight is 409 g/mol. The first-order valence-electron chi connectivity index (χ1n) is 9.21. The number of nitrogens with zero attached hydrogens (tertiary/aromatic N) is 1. The average Bonchev–Trinajstić information content (AvgIpc) is 3.20. The molecule has 1 N–H and O–H groups in total. The van der Waals surface area contributed by atoms with Gasteiger partial charge in [-0.3, -0.25) is 4.79 Å². The number of pyridine rings is 1. The second kappa shape index (κ2) is 8.31. The van der Waals surface area contributed by atoms with Gasteiger partial charge in [0.05, 0.1) is 12.1 Å². The highest BCUT2D eigenvalue weighted by atomic mass is 35.5. The summed E-state index contributed by atoms with van der Waals surface area (Å²) in [6.45, 7) is 3.81. The van der Waals surface area contributed by atoms with Crippen LogP contribution in [0.4, 0.5) is 0 Å². The van der Waals surface area contributed by atoms with E-state index in [4.69, 9.17) is 11.6 Å². The van der Waals surface area contributed by atoms with Crippen molar-refractivity contribution < 1.29 is 0 Å². The predicted octanol–water partition coefficient (Wildman–Crippen LogP) is 5.36. The summed E-state index contributed by atoms with van der Waals surface area (Å²) in [6, 6.07) is 20.0. The van der Waals surface area contributed by atoms with Gasteiger partial charge in [0.2, 0.25) is 0 Å². The highest BCUT2D eigenvalue weighted by Gasteiger charge is 2.11. The topological polar surface area (TPSA) is 34.0 Å². The lowest BCUT2D eigenvalue weighted by atomic mass is 10.1. The fourth-order valence-electron chi connectivity index (χ4n) is 3.38. The molecule has 28 heavy (non-hydrogen) atoms. The van der Waals surface area contributed by atoms with Crippen LogP contribution >= 0.6 is 22.9 Å². The Balaban J connectivity index is 1.72. The van der Waals surface area contributed by atoms with Crippen molar-refractivity contribution in [3.8, 4) is 0 Å². The first kappa shape index (κ1) is 18.9. The fourth-order valence-corrected chi connectivity index (χ4v) is 4.25. The van der Waals surface area contributed by atoms with Gasteiger partial charge in [-0.05, 0) is 53.6 Å². The third kappa shape index (κ3) is 4.04. The maximum Gasteiger partial charge on any atom is 0.255 e. The summed E-state index contributed by atoms with van der Waals surface area (Å²) in [4.78, 5) is 14.5. The van der Waals surface area contributed by atoms with E-state index in [9.17, 15) is 4.79 Å². The van der Waals surface area contributed by atoms with Crippen LogP contribution in [-0.4, -0.2) is 4.57 Å². The Morgan fingerprint density at radius 2 is 1.86 bits per heavy atom. The summed E-state index contributed by atoms with van der Waals surface area (Å²) < 4.78 is 1.83. The van der Waals surface area contributed by atoms with E-state index in [0.717, 1.165) is 28.6 Å². The highest BCUT2D eigenvalue weighted by Crippen LogP contribution is 2.20. The monoisotopic (exact) mass is 408 g/mol. The first-order chi connectivity index (χ1) is 13.6. The van der Waals surface area contributed by atoms with Crippen molar-refractivity contribution in [1.29, 1.82) is 0 Å². The molecule has 0 aliphatic carbocycles. The van der Waals surface area contributed by atoms with Crippen LogP contribution in [0.1, 0.15) is 21.6 Å². The normalized spacial score (nSPS) is 11.2. The number of aryl methyl sites for hydroxylation is 1. The zero-order valence-corrected chi connectivity index (χ0v) is 17.2. The van der Waals surface area contributed by atoms with E-state index in [1.54, 1.807) is 11.3 Å². The van der Waals surface area contributed by atoms with Crippen LogP contribution in [0.2, 0.25) is 5.02 Å². The highest BCUT2D eigenvalue weighted by molar-refractivity contribution is 7.09. The van der Waals surface area contributed by atoms with Crippen molar-refractivity contribution in [2.45, 2.75) is 26.6 Å². The number of hydrogen-bond donors (Lipinski definition) is 1. The van der Waals surface area contributed by atoms with Gasteiger partial charge in [0, 0.05) is 28.6 Å². The zero-order chi connectivity index (χ0) is 19.5. The lowest BCUT2D eigenvalue weighted by Gasteiger charge is -2.15. The summed E-state index contributed by atoms with van der Waals surface area (Å²) in [7, 11) is 0. The molecule has 4 rings (SSSR count). The van der Waals surface area contributed by atoms with Crippen LogP contribution in [0.3, 0.4) is 0 Å². The van der Waals surface area contributed by atoms with Crippen LogP contribution in [0.25, 0.3) is 10.9 Å². The molecule has 2 aromatic carbocycles. The van der Waals surface area contributed by atoms with Crippen LogP contribution in [0.5, 0.6) is 0 Å². The van der Waals surface area contributed by atoms with E-state index in [1.165, 1.54) is 10.4 Å². The number of halogens is 1. The molecule has 0 aliphatic heterocycles. The molecule has 0 spiro atoms. The lowest BCUT2D eigenvalue weighted by molar-refractivity contribution is 0.681. The quantitative estimate of drug-likeness (QED) is 0.465. The van der Waals surface area contributed by atoms with Crippen LogP contribution in [0.15, 0.2) is 70.8 Å².